The van der Waals surface area contributed by atoms with Crippen LogP contribution in [0.15, 0.2) is 59.8 Å². The van der Waals surface area contributed by atoms with Crippen molar-refractivity contribution in [3.63, 3.8) is 0 Å². The molecule has 0 radical (unpaired) electrons. The Kier molecular flexibility index (Phi) is 7.74. The highest BCUT2D eigenvalue weighted by molar-refractivity contribution is 7.99. The number of ether oxygens (including phenoxy) is 1. The number of hydrogen-bond donors (Lipinski definition) is 1. The number of aromatic nitrogens is 3. The molecule has 1 N–H and O–H groups in total. The molecule has 3 rings (SSSR count). The molecule has 0 bridgehead atoms. The van der Waals surface area contributed by atoms with Crippen LogP contribution >= 0.6 is 11.8 Å². The number of nitrogens with one attached hydrogen (secondary N) is 1. The van der Waals surface area contributed by atoms with Crippen LogP contribution in [0.3, 0.4) is 0 Å². The third-order valence-corrected chi connectivity index (χ3v) is 5.78. The number of para-hydroxylation sites is 1. The van der Waals surface area contributed by atoms with Crippen LogP contribution in [0, 0.1) is 0 Å². The lowest BCUT2D eigenvalue weighted by Gasteiger charge is -2.19. The first-order valence-electron chi connectivity index (χ1n) is 10.5. The summed E-state index contributed by atoms with van der Waals surface area (Å²) in [6.07, 6.45) is 0. The molecule has 0 fully saturated rings. The van der Waals surface area contributed by atoms with Gasteiger partial charge in [-0.3, -0.25) is 4.79 Å². The number of hydrogen-bond acceptors (Lipinski definition) is 5. The molecule has 0 aliphatic heterocycles. The van der Waals surface area contributed by atoms with Crippen LogP contribution in [0.25, 0.3) is 11.4 Å². The minimum Gasteiger partial charge on any atom is -0.492 e. The van der Waals surface area contributed by atoms with Crippen molar-refractivity contribution in [2.24, 2.45) is 0 Å². The molecule has 7 heteroatoms. The maximum Gasteiger partial charge on any atom is 0.230 e. The maximum atomic E-state index is 12.2. The van der Waals surface area contributed by atoms with Crippen LogP contribution < -0.4 is 10.1 Å². The van der Waals surface area contributed by atoms with E-state index >= 15 is 0 Å². The highest BCUT2D eigenvalue weighted by Gasteiger charge is 2.17. The van der Waals surface area contributed by atoms with Crippen molar-refractivity contribution in [3.8, 4) is 17.1 Å². The number of nitrogens with zero attached hydrogens (tertiary/aromatic N) is 3. The second kappa shape index (κ2) is 10.5. The Bertz CT molecular complexity index is 979. The fourth-order valence-corrected chi connectivity index (χ4v) is 3.90. The third-order valence-electron chi connectivity index (χ3n) is 4.81. The first-order chi connectivity index (χ1) is 14.9. The molecule has 164 valence electrons. The first kappa shape index (κ1) is 22.9. The number of benzene rings is 2. The zero-order valence-electron chi connectivity index (χ0n) is 18.6. The highest BCUT2D eigenvalue weighted by atomic mass is 32.2. The molecule has 1 aromatic heterocycles. The standard InChI is InChI=1S/C24H30N4O2S/c1-5-28-22(18-11-13-19(14-12-18)24(2,3)4)26-27-23(28)31-17-21(29)25-15-16-30-20-9-7-6-8-10-20/h6-14H,5,15-17H2,1-4H3,(H,25,29). The molecule has 0 spiro atoms. The van der Waals surface area contributed by atoms with Gasteiger partial charge in [0.15, 0.2) is 11.0 Å². The molecule has 0 saturated carbocycles. The molecular formula is C24H30N4O2S. The van der Waals surface area contributed by atoms with Gasteiger partial charge in [0, 0.05) is 12.1 Å². The molecule has 0 unspecified atom stereocenters. The van der Waals surface area contributed by atoms with Crippen LogP contribution in [0.4, 0.5) is 0 Å². The number of amides is 1. The van der Waals surface area contributed by atoms with E-state index < -0.39 is 0 Å². The van der Waals surface area contributed by atoms with Gasteiger partial charge < -0.3 is 14.6 Å². The van der Waals surface area contributed by atoms with Crippen molar-refractivity contribution in [3.05, 3.63) is 60.2 Å². The summed E-state index contributed by atoms with van der Waals surface area (Å²) in [5.74, 6) is 1.85. The minimum atomic E-state index is -0.0524. The maximum absolute atomic E-state index is 12.2. The lowest BCUT2D eigenvalue weighted by molar-refractivity contribution is -0.118. The zero-order valence-corrected chi connectivity index (χ0v) is 19.4. The average molecular weight is 439 g/mol. The van der Waals surface area contributed by atoms with E-state index in [4.69, 9.17) is 4.74 Å². The van der Waals surface area contributed by atoms with Gasteiger partial charge in [-0.25, -0.2) is 0 Å². The van der Waals surface area contributed by atoms with Crippen LogP contribution in [-0.2, 0) is 16.8 Å². The zero-order chi connectivity index (χ0) is 22.3. The first-order valence-corrected chi connectivity index (χ1v) is 11.5. The van der Waals surface area contributed by atoms with Crippen LogP contribution in [-0.4, -0.2) is 39.6 Å². The van der Waals surface area contributed by atoms with Crippen molar-refractivity contribution < 1.29 is 9.53 Å². The van der Waals surface area contributed by atoms with Gasteiger partial charge in [-0.2, -0.15) is 0 Å². The number of thioether (sulfide) groups is 1. The number of rotatable bonds is 9. The molecule has 2 aromatic carbocycles. The molecule has 0 aliphatic carbocycles. The van der Waals surface area contributed by atoms with Crippen LogP contribution in [0.5, 0.6) is 5.75 Å². The van der Waals surface area contributed by atoms with Gasteiger partial charge in [-0.05, 0) is 30.0 Å². The predicted molar refractivity (Wildman–Crippen MR) is 126 cm³/mol. The third kappa shape index (κ3) is 6.34. The molecule has 0 atom stereocenters. The van der Waals surface area contributed by atoms with Crippen molar-refractivity contribution >= 4 is 17.7 Å². The Labute approximate surface area is 188 Å². The highest BCUT2D eigenvalue weighted by Crippen LogP contribution is 2.27. The van der Waals surface area contributed by atoms with E-state index in [9.17, 15) is 4.79 Å². The lowest BCUT2D eigenvalue weighted by Crippen LogP contribution is -2.29. The van der Waals surface area contributed by atoms with Gasteiger partial charge in [0.25, 0.3) is 0 Å². The van der Waals surface area contributed by atoms with E-state index in [0.29, 0.717) is 13.2 Å². The summed E-state index contributed by atoms with van der Waals surface area (Å²) >= 11 is 1.39. The monoisotopic (exact) mass is 438 g/mol. The van der Waals surface area contributed by atoms with Gasteiger partial charge in [0.2, 0.25) is 5.91 Å². The van der Waals surface area contributed by atoms with E-state index in [2.05, 4.69) is 67.5 Å². The van der Waals surface area contributed by atoms with Gasteiger partial charge >= 0.3 is 0 Å². The van der Waals surface area contributed by atoms with Gasteiger partial charge in [0.1, 0.15) is 12.4 Å². The minimum absolute atomic E-state index is 0.0524. The van der Waals surface area contributed by atoms with E-state index in [-0.39, 0.29) is 17.1 Å². The molecule has 6 nitrogen and oxygen atoms in total. The molecule has 31 heavy (non-hydrogen) atoms. The fourth-order valence-electron chi connectivity index (χ4n) is 3.07. The predicted octanol–water partition coefficient (Wildman–Crippen LogP) is 4.55. The summed E-state index contributed by atoms with van der Waals surface area (Å²) in [6, 6.07) is 18.0. The van der Waals surface area contributed by atoms with Crippen molar-refractivity contribution in [2.45, 2.75) is 44.8 Å². The molecule has 0 aliphatic rings. The second-order valence-electron chi connectivity index (χ2n) is 8.18. The number of carbonyl (C=O) groups is 1. The molecular weight excluding hydrogens is 408 g/mol. The van der Waals surface area contributed by atoms with Crippen LogP contribution in [0.1, 0.15) is 33.3 Å². The lowest BCUT2D eigenvalue weighted by atomic mass is 9.87. The Morgan fingerprint density at radius 2 is 1.77 bits per heavy atom. The summed E-state index contributed by atoms with van der Waals surface area (Å²) in [6.45, 7) is 10.3. The molecule has 0 saturated heterocycles. The summed E-state index contributed by atoms with van der Waals surface area (Å²) in [7, 11) is 0. The van der Waals surface area contributed by atoms with Crippen molar-refractivity contribution in [1.29, 1.82) is 0 Å². The Morgan fingerprint density at radius 1 is 1.06 bits per heavy atom. The molecule has 1 heterocycles. The SMILES string of the molecule is CCn1c(SCC(=O)NCCOc2ccccc2)nnc1-c1ccc(C(C)(C)C)cc1. The second-order valence-corrected chi connectivity index (χ2v) is 9.12. The van der Waals surface area contributed by atoms with Crippen molar-refractivity contribution in [2.75, 3.05) is 18.9 Å². The van der Waals surface area contributed by atoms with E-state index in [0.717, 1.165) is 28.8 Å². The molecule has 3 aromatic rings. The Morgan fingerprint density at radius 3 is 2.42 bits per heavy atom. The summed E-state index contributed by atoms with van der Waals surface area (Å²) in [4.78, 5) is 12.2. The summed E-state index contributed by atoms with van der Waals surface area (Å²) in [5, 5.41) is 12.3. The quantitative estimate of drug-likeness (QED) is 0.392. The normalized spacial score (nSPS) is 11.4. The number of carbonyl (C=O) groups excluding carboxylic acids is 1. The largest absolute Gasteiger partial charge is 0.492 e. The smallest absolute Gasteiger partial charge is 0.230 e. The van der Waals surface area contributed by atoms with Crippen LogP contribution in [0.2, 0.25) is 0 Å². The average Bonchev–Trinajstić information content (AvgIpc) is 3.18. The summed E-state index contributed by atoms with van der Waals surface area (Å²) in [5.41, 5.74) is 2.41. The fraction of sp³-hybridized carbons (Fsp3) is 0.375. The summed E-state index contributed by atoms with van der Waals surface area (Å²) < 4.78 is 7.63. The van der Waals surface area contributed by atoms with E-state index in [1.807, 2.05) is 34.9 Å². The topological polar surface area (TPSA) is 69.0 Å². The Hall–Kier alpha value is -2.80. The van der Waals surface area contributed by atoms with Gasteiger partial charge in [-0.1, -0.05) is 75.0 Å². The van der Waals surface area contributed by atoms with Crippen molar-refractivity contribution in [1.82, 2.24) is 20.1 Å². The van der Waals surface area contributed by atoms with E-state index in [1.54, 1.807) is 0 Å². The van der Waals surface area contributed by atoms with E-state index in [1.165, 1.54) is 17.3 Å². The Balaban J connectivity index is 1.53. The van der Waals surface area contributed by atoms with Gasteiger partial charge in [0.05, 0.1) is 12.3 Å². The molecule has 1 amide bonds. The van der Waals surface area contributed by atoms with Gasteiger partial charge in [-0.15, -0.1) is 10.2 Å².